The maximum atomic E-state index is 10.6. The summed E-state index contributed by atoms with van der Waals surface area (Å²) in [6, 6.07) is 13.4. The van der Waals surface area contributed by atoms with Crippen molar-refractivity contribution in [1.29, 1.82) is 0 Å². The van der Waals surface area contributed by atoms with Crippen LogP contribution in [0.3, 0.4) is 0 Å². The second-order valence-electron chi connectivity index (χ2n) is 4.86. The summed E-state index contributed by atoms with van der Waals surface area (Å²) < 4.78 is 0. The molecule has 1 atom stereocenters. The SMILES string of the molecule is Cc1cc(C(O)c2cccc3cnccc23)ccc1Cl. The van der Waals surface area contributed by atoms with E-state index in [1.54, 1.807) is 12.4 Å². The van der Waals surface area contributed by atoms with Gasteiger partial charge in [0.25, 0.3) is 0 Å². The van der Waals surface area contributed by atoms with E-state index in [9.17, 15) is 5.11 Å². The van der Waals surface area contributed by atoms with Crippen LogP contribution in [0.1, 0.15) is 22.8 Å². The lowest BCUT2D eigenvalue weighted by molar-refractivity contribution is 0.222. The van der Waals surface area contributed by atoms with Crippen LogP contribution in [0.15, 0.2) is 54.9 Å². The molecule has 20 heavy (non-hydrogen) atoms. The van der Waals surface area contributed by atoms with Crippen molar-refractivity contribution in [3.8, 4) is 0 Å². The van der Waals surface area contributed by atoms with Gasteiger partial charge in [0.15, 0.2) is 0 Å². The van der Waals surface area contributed by atoms with Crippen molar-refractivity contribution in [3.63, 3.8) is 0 Å². The van der Waals surface area contributed by atoms with Crippen molar-refractivity contribution in [2.24, 2.45) is 0 Å². The van der Waals surface area contributed by atoms with Gasteiger partial charge in [0.2, 0.25) is 0 Å². The topological polar surface area (TPSA) is 33.1 Å². The van der Waals surface area contributed by atoms with Crippen LogP contribution in [-0.4, -0.2) is 10.1 Å². The number of fused-ring (bicyclic) bond motifs is 1. The van der Waals surface area contributed by atoms with Crippen LogP contribution in [0, 0.1) is 6.92 Å². The summed E-state index contributed by atoms with van der Waals surface area (Å²) in [6.07, 6.45) is 2.88. The van der Waals surface area contributed by atoms with Crippen molar-refractivity contribution in [2.75, 3.05) is 0 Å². The normalized spacial score (nSPS) is 12.6. The van der Waals surface area contributed by atoms with E-state index in [0.717, 1.165) is 27.5 Å². The zero-order chi connectivity index (χ0) is 14.1. The number of benzene rings is 2. The molecule has 0 radical (unpaired) electrons. The summed E-state index contributed by atoms with van der Waals surface area (Å²) >= 11 is 6.04. The molecule has 0 aliphatic heterocycles. The first-order valence-corrected chi connectivity index (χ1v) is 6.81. The van der Waals surface area contributed by atoms with Crippen LogP contribution >= 0.6 is 11.6 Å². The Morgan fingerprint density at radius 2 is 2.00 bits per heavy atom. The van der Waals surface area contributed by atoms with Crippen molar-refractivity contribution in [2.45, 2.75) is 13.0 Å². The standard InChI is InChI=1S/C17H14ClNO/c1-11-9-12(5-6-16(11)18)17(20)15-4-2-3-13-10-19-8-7-14(13)15/h2-10,17,20H,1H3. The van der Waals surface area contributed by atoms with Crippen LogP contribution in [-0.2, 0) is 0 Å². The summed E-state index contributed by atoms with van der Waals surface area (Å²) in [6.45, 7) is 1.94. The molecular weight excluding hydrogens is 270 g/mol. The highest BCUT2D eigenvalue weighted by Gasteiger charge is 2.14. The highest BCUT2D eigenvalue weighted by atomic mass is 35.5. The van der Waals surface area contributed by atoms with E-state index in [1.165, 1.54) is 0 Å². The van der Waals surface area contributed by atoms with Crippen LogP contribution in [0.25, 0.3) is 10.8 Å². The Hall–Kier alpha value is -1.90. The molecule has 3 aromatic rings. The van der Waals surface area contributed by atoms with Crippen molar-refractivity contribution >= 4 is 22.4 Å². The summed E-state index contributed by atoms with van der Waals surface area (Å²) in [5, 5.41) is 13.4. The Bertz CT molecular complexity index is 765. The monoisotopic (exact) mass is 283 g/mol. The maximum absolute atomic E-state index is 10.6. The number of aryl methyl sites for hydroxylation is 1. The van der Waals surface area contributed by atoms with E-state index >= 15 is 0 Å². The van der Waals surface area contributed by atoms with Crippen molar-refractivity contribution in [1.82, 2.24) is 4.98 Å². The summed E-state index contributed by atoms with van der Waals surface area (Å²) in [5.41, 5.74) is 2.69. The van der Waals surface area contributed by atoms with Gasteiger partial charge in [-0.25, -0.2) is 0 Å². The predicted molar refractivity (Wildman–Crippen MR) is 82.0 cm³/mol. The summed E-state index contributed by atoms with van der Waals surface area (Å²) in [5.74, 6) is 0. The predicted octanol–water partition coefficient (Wildman–Crippen LogP) is 4.28. The van der Waals surface area contributed by atoms with E-state index < -0.39 is 6.10 Å². The zero-order valence-electron chi connectivity index (χ0n) is 11.0. The third kappa shape index (κ3) is 2.28. The van der Waals surface area contributed by atoms with Gasteiger partial charge in [-0.1, -0.05) is 41.9 Å². The minimum Gasteiger partial charge on any atom is -0.384 e. The van der Waals surface area contributed by atoms with Gasteiger partial charge < -0.3 is 5.11 Å². The number of aliphatic hydroxyl groups excluding tert-OH is 1. The van der Waals surface area contributed by atoms with Crippen LogP contribution in [0.5, 0.6) is 0 Å². The van der Waals surface area contributed by atoms with Gasteiger partial charge in [0.1, 0.15) is 6.10 Å². The molecule has 1 heterocycles. The lowest BCUT2D eigenvalue weighted by Gasteiger charge is -2.15. The first-order valence-electron chi connectivity index (χ1n) is 6.43. The van der Waals surface area contributed by atoms with Crippen LogP contribution in [0.4, 0.5) is 0 Å². The second kappa shape index (κ2) is 5.23. The molecule has 0 spiro atoms. The number of hydrogen-bond donors (Lipinski definition) is 1. The Labute approximate surface area is 122 Å². The highest BCUT2D eigenvalue weighted by Crippen LogP contribution is 2.30. The minimum atomic E-state index is -0.669. The molecule has 0 aliphatic rings. The molecule has 1 unspecified atom stereocenters. The molecule has 0 bridgehead atoms. The number of rotatable bonds is 2. The average Bonchev–Trinajstić information content (AvgIpc) is 2.49. The lowest BCUT2D eigenvalue weighted by Crippen LogP contribution is -2.01. The Balaban J connectivity index is 2.12. The highest BCUT2D eigenvalue weighted by molar-refractivity contribution is 6.31. The van der Waals surface area contributed by atoms with Crippen LogP contribution in [0.2, 0.25) is 5.02 Å². The first kappa shape index (κ1) is 13.1. The van der Waals surface area contributed by atoms with E-state index in [0.29, 0.717) is 5.02 Å². The number of nitrogens with zero attached hydrogens (tertiary/aromatic N) is 1. The van der Waals surface area contributed by atoms with Gasteiger partial charge in [0, 0.05) is 22.8 Å². The number of pyridine rings is 1. The van der Waals surface area contributed by atoms with Crippen molar-refractivity contribution < 1.29 is 5.11 Å². The molecule has 2 aromatic carbocycles. The fourth-order valence-corrected chi connectivity index (χ4v) is 2.52. The molecule has 3 heteroatoms. The third-order valence-corrected chi connectivity index (χ3v) is 3.93. The van der Waals surface area contributed by atoms with Crippen molar-refractivity contribution in [3.05, 3.63) is 76.6 Å². The molecular formula is C17H14ClNO. The molecule has 100 valence electrons. The minimum absolute atomic E-state index is 0.669. The Morgan fingerprint density at radius 1 is 1.15 bits per heavy atom. The van der Waals surface area contributed by atoms with Gasteiger partial charge in [-0.15, -0.1) is 0 Å². The summed E-state index contributed by atoms with van der Waals surface area (Å²) in [7, 11) is 0. The largest absolute Gasteiger partial charge is 0.384 e. The van der Waals surface area contributed by atoms with Crippen LogP contribution < -0.4 is 0 Å². The first-order chi connectivity index (χ1) is 9.66. The van der Waals surface area contributed by atoms with E-state index in [-0.39, 0.29) is 0 Å². The molecule has 0 aliphatic carbocycles. The van der Waals surface area contributed by atoms with E-state index in [4.69, 9.17) is 11.6 Å². The fraction of sp³-hybridized carbons (Fsp3) is 0.118. The molecule has 0 amide bonds. The molecule has 0 fully saturated rings. The molecule has 1 N–H and O–H groups in total. The van der Waals surface area contributed by atoms with Gasteiger partial charge in [-0.3, -0.25) is 4.98 Å². The zero-order valence-corrected chi connectivity index (χ0v) is 11.8. The Kier molecular flexibility index (Phi) is 3.43. The smallest absolute Gasteiger partial charge is 0.105 e. The molecule has 0 saturated carbocycles. The maximum Gasteiger partial charge on any atom is 0.105 e. The summed E-state index contributed by atoms with van der Waals surface area (Å²) in [4.78, 5) is 4.11. The van der Waals surface area contributed by atoms with Gasteiger partial charge in [0.05, 0.1) is 0 Å². The van der Waals surface area contributed by atoms with Gasteiger partial charge in [-0.2, -0.15) is 0 Å². The number of aromatic nitrogens is 1. The fourth-order valence-electron chi connectivity index (χ4n) is 2.40. The third-order valence-electron chi connectivity index (χ3n) is 3.51. The van der Waals surface area contributed by atoms with Gasteiger partial charge >= 0.3 is 0 Å². The Morgan fingerprint density at radius 3 is 2.80 bits per heavy atom. The van der Waals surface area contributed by atoms with E-state index in [2.05, 4.69) is 4.98 Å². The number of aliphatic hydroxyl groups is 1. The molecule has 0 saturated heterocycles. The van der Waals surface area contributed by atoms with E-state index in [1.807, 2.05) is 49.4 Å². The van der Waals surface area contributed by atoms with Gasteiger partial charge in [-0.05, 0) is 41.1 Å². The quantitative estimate of drug-likeness (QED) is 0.761. The average molecular weight is 284 g/mol. The molecule has 3 rings (SSSR count). The number of hydrogen-bond acceptors (Lipinski definition) is 2. The lowest BCUT2D eigenvalue weighted by atomic mass is 9.96. The second-order valence-corrected chi connectivity index (χ2v) is 5.26. The molecule has 2 nitrogen and oxygen atoms in total. The number of halogens is 1. The molecule has 1 aromatic heterocycles.